The van der Waals surface area contributed by atoms with Gasteiger partial charge in [0.1, 0.15) is 23.3 Å². The normalized spacial score (nSPS) is 10.9. The standard InChI is InChI=1S/C25H21N5O2/c1-3-31-21-14-19(16-6-4-7-17(12-16)25-28-10-11-32-25)13-20-22(21)29-23(30-24(20)26-2)18-8-5-9-27-15-18/h4-15H,3H2,1-2H3,(H,26,29,30). The topological polar surface area (TPSA) is 86.0 Å². The summed E-state index contributed by atoms with van der Waals surface area (Å²) in [7, 11) is 1.85. The Balaban J connectivity index is 1.70. The van der Waals surface area contributed by atoms with Gasteiger partial charge < -0.3 is 14.5 Å². The third kappa shape index (κ3) is 3.65. The van der Waals surface area contributed by atoms with Crippen molar-refractivity contribution >= 4 is 16.7 Å². The van der Waals surface area contributed by atoms with Crippen LogP contribution in [-0.2, 0) is 0 Å². The Hall–Kier alpha value is -4.26. The fourth-order valence-electron chi connectivity index (χ4n) is 3.65. The quantitative estimate of drug-likeness (QED) is 0.388. The Bertz CT molecular complexity index is 1370. The summed E-state index contributed by atoms with van der Waals surface area (Å²) in [6, 6.07) is 16.0. The van der Waals surface area contributed by atoms with Crippen LogP contribution in [0.25, 0.3) is 44.9 Å². The Labute approximate surface area is 185 Å². The molecule has 2 aromatic carbocycles. The SMILES string of the molecule is CCOc1cc(-c2cccc(-c3ncco3)c2)cc2c(NC)nc(-c3cccnc3)nc12. The van der Waals surface area contributed by atoms with Gasteiger partial charge in [-0.15, -0.1) is 0 Å². The van der Waals surface area contributed by atoms with Gasteiger partial charge in [0.15, 0.2) is 5.82 Å². The fourth-order valence-corrected chi connectivity index (χ4v) is 3.65. The smallest absolute Gasteiger partial charge is 0.225 e. The van der Waals surface area contributed by atoms with E-state index in [1.807, 2.05) is 56.4 Å². The average Bonchev–Trinajstić information content (AvgIpc) is 3.39. The van der Waals surface area contributed by atoms with E-state index >= 15 is 0 Å². The molecule has 32 heavy (non-hydrogen) atoms. The summed E-state index contributed by atoms with van der Waals surface area (Å²) in [5.74, 6) is 2.60. The van der Waals surface area contributed by atoms with Crippen LogP contribution in [0, 0.1) is 0 Å². The van der Waals surface area contributed by atoms with Crippen molar-refractivity contribution in [2.75, 3.05) is 19.0 Å². The van der Waals surface area contributed by atoms with Gasteiger partial charge in [0.25, 0.3) is 0 Å². The van der Waals surface area contributed by atoms with Crippen molar-refractivity contribution in [2.45, 2.75) is 6.92 Å². The number of benzene rings is 2. The summed E-state index contributed by atoms with van der Waals surface area (Å²) in [6.45, 7) is 2.49. The van der Waals surface area contributed by atoms with Crippen molar-refractivity contribution in [1.29, 1.82) is 0 Å². The van der Waals surface area contributed by atoms with Crippen LogP contribution in [0.5, 0.6) is 5.75 Å². The number of pyridine rings is 1. The molecule has 0 saturated heterocycles. The zero-order chi connectivity index (χ0) is 21.9. The maximum absolute atomic E-state index is 6.01. The lowest BCUT2D eigenvalue weighted by Crippen LogP contribution is -2.02. The van der Waals surface area contributed by atoms with Gasteiger partial charge >= 0.3 is 0 Å². The number of oxazole rings is 1. The maximum Gasteiger partial charge on any atom is 0.225 e. The number of nitrogens with one attached hydrogen (secondary N) is 1. The van der Waals surface area contributed by atoms with Crippen molar-refractivity contribution in [3.05, 3.63) is 73.4 Å². The van der Waals surface area contributed by atoms with E-state index in [0.29, 0.717) is 24.1 Å². The molecular weight excluding hydrogens is 402 g/mol. The van der Waals surface area contributed by atoms with E-state index < -0.39 is 0 Å². The molecule has 0 radical (unpaired) electrons. The van der Waals surface area contributed by atoms with E-state index in [9.17, 15) is 0 Å². The summed E-state index contributed by atoms with van der Waals surface area (Å²) in [5, 5.41) is 4.09. The molecule has 0 atom stereocenters. The Morgan fingerprint density at radius 1 is 0.938 bits per heavy atom. The highest BCUT2D eigenvalue weighted by atomic mass is 16.5. The number of fused-ring (bicyclic) bond motifs is 1. The minimum atomic E-state index is 0.524. The first kappa shape index (κ1) is 19.7. The van der Waals surface area contributed by atoms with Crippen molar-refractivity contribution in [1.82, 2.24) is 19.9 Å². The van der Waals surface area contributed by atoms with E-state index in [1.165, 1.54) is 0 Å². The van der Waals surface area contributed by atoms with E-state index in [-0.39, 0.29) is 0 Å². The molecule has 5 rings (SSSR count). The number of rotatable bonds is 6. The molecular formula is C25H21N5O2. The number of hydrogen-bond donors (Lipinski definition) is 1. The molecule has 0 spiro atoms. The van der Waals surface area contributed by atoms with Crippen LogP contribution in [-0.4, -0.2) is 33.6 Å². The molecule has 7 heteroatoms. The molecule has 0 amide bonds. The Morgan fingerprint density at radius 3 is 2.56 bits per heavy atom. The third-order valence-electron chi connectivity index (χ3n) is 5.10. The third-order valence-corrected chi connectivity index (χ3v) is 5.10. The highest BCUT2D eigenvalue weighted by Gasteiger charge is 2.16. The predicted octanol–water partition coefficient (Wildman–Crippen LogP) is 5.45. The minimum Gasteiger partial charge on any atom is -0.492 e. The summed E-state index contributed by atoms with van der Waals surface area (Å²) >= 11 is 0. The Morgan fingerprint density at radius 2 is 1.81 bits per heavy atom. The first-order valence-corrected chi connectivity index (χ1v) is 10.3. The molecule has 0 fully saturated rings. The number of ether oxygens (including phenoxy) is 1. The summed E-state index contributed by atoms with van der Waals surface area (Å²) in [4.78, 5) is 18.0. The van der Waals surface area contributed by atoms with Crippen molar-refractivity contribution < 1.29 is 9.15 Å². The van der Waals surface area contributed by atoms with Gasteiger partial charge in [-0.25, -0.2) is 15.0 Å². The van der Waals surface area contributed by atoms with Gasteiger partial charge in [-0.2, -0.15) is 0 Å². The number of hydrogen-bond acceptors (Lipinski definition) is 7. The lowest BCUT2D eigenvalue weighted by molar-refractivity contribution is 0.344. The molecule has 0 aliphatic heterocycles. The molecule has 0 bridgehead atoms. The highest BCUT2D eigenvalue weighted by Crippen LogP contribution is 2.36. The maximum atomic E-state index is 6.01. The number of aromatic nitrogens is 4. The predicted molar refractivity (Wildman–Crippen MR) is 124 cm³/mol. The van der Waals surface area contributed by atoms with Gasteiger partial charge in [-0.3, -0.25) is 4.98 Å². The molecule has 0 aliphatic rings. The lowest BCUT2D eigenvalue weighted by Gasteiger charge is -2.14. The second-order valence-corrected chi connectivity index (χ2v) is 7.11. The summed E-state index contributed by atoms with van der Waals surface area (Å²) in [5.41, 5.74) is 4.50. The summed E-state index contributed by atoms with van der Waals surface area (Å²) in [6.07, 6.45) is 6.69. The van der Waals surface area contributed by atoms with Crippen LogP contribution < -0.4 is 10.1 Å². The molecule has 3 aromatic heterocycles. The van der Waals surface area contributed by atoms with Gasteiger partial charge in [0.05, 0.1) is 12.8 Å². The molecule has 0 unspecified atom stereocenters. The van der Waals surface area contributed by atoms with Crippen LogP contribution in [0.3, 0.4) is 0 Å². The van der Waals surface area contributed by atoms with Crippen LogP contribution in [0.4, 0.5) is 5.82 Å². The molecule has 1 N–H and O–H groups in total. The number of anilines is 1. The number of nitrogens with zero attached hydrogens (tertiary/aromatic N) is 4. The zero-order valence-corrected chi connectivity index (χ0v) is 17.7. The van der Waals surface area contributed by atoms with E-state index in [2.05, 4.69) is 21.4 Å². The van der Waals surface area contributed by atoms with Crippen LogP contribution in [0.2, 0.25) is 0 Å². The van der Waals surface area contributed by atoms with Crippen molar-refractivity contribution in [2.24, 2.45) is 0 Å². The molecule has 0 saturated carbocycles. The van der Waals surface area contributed by atoms with E-state index in [1.54, 1.807) is 24.9 Å². The summed E-state index contributed by atoms with van der Waals surface area (Å²) < 4.78 is 11.5. The van der Waals surface area contributed by atoms with Gasteiger partial charge in [0, 0.05) is 36.0 Å². The van der Waals surface area contributed by atoms with Crippen molar-refractivity contribution in [3.63, 3.8) is 0 Å². The second kappa shape index (κ2) is 8.47. The molecule has 5 aromatic rings. The highest BCUT2D eigenvalue weighted by molar-refractivity contribution is 5.98. The Kier molecular flexibility index (Phi) is 5.21. The van der Waals surface area contributed by atoms with Crippen LogP contribution in [0.15, 0.2) is 77.8 Å². The molecule has 7 nitrogen and oxygen atoms in total. The minimum absolute atomic E-state index is 0.524. The zero-order valence-electron chi connectivity index (χ0n) is 17.7. The van der Waals surface area contributed by atoms with Crippen LogP contribution in [0.1, 0.15) is 6.92 Å². The van der Waals surface area contributed by atoms with E-state index in [4.69, 9.17) is 19.1 Å². The van der Waals surface area contributed by atoms with Crippen LogP contribution >= 0.6 is 0 Å². The lowest BCUT2D eigenvalue weighted by atomic mass is 10.0. The molecule has 158 valence electrons. The van der Waals surface area contributed by atoms with Gasteiger partial charge in [0.2, 0.25) is 5.89 Å². The first-order chi connectivity index (χ1) is 15.8. The van der Waals surface area contributed by atoms with Gasteiger partial charge in [-0.1, -0.05) is 12.1 Å². The molecule has 0 aliphatic carbocycles. The fraction of sp³-hybridized carbons (Fsp3) is 0.120. The van der Waals surface area contributed by atoms with Crippen molar-refractivity contribution in [3.8, 4) is 39.7 Å². The average molecular weight is 423 g/mol. The molecule has 3 heterocycles. The monoisotopic (exact) mass is 423 g/mol. The largest absolute Gasteiger partial charge is 0.492 e. The van der Waals surface area contributed by atoms with E-state index in [0.717, 1.165) is 39.0 Å². The second-order valence-electron chi connectivity index (χ2n) is 7.11. The van der Waals surface area contributed by atoms with Gasteiger partial charge in [-0.05, 0) is 54.4 Å². The first-order valence-electron chi connectivity index (χ1n) is 10.3.